The van der Waals surface area contributed by atoms with Gasteiger partial charge in [-0.05, 0) is 38.6 Å². The average molecular weight is 296 g/mol. The molecule has 2 aliphatic rings. The van der Waals surface area contributed by atoms with E-state index in [0.29, 0.717) is 6.04 Å². The summed E-state index contributed by atoms with van der Waals surface area (Å²) in [6.45, 7) is 7.62. The van der Waals surface area contributed by atoms with Gasteiger partial charge in [0.05, 0.1) is 5.92 Å². The molecule has 0 bridgehead atoms. The number of carboxylic acid groups (broad SMARTS) is 1. The predicted molar refractivity (Wildman–Crippen MR) is 88.1 cm³/mol. The van der Waals surface area contributed by atoms with Crippen molar-refractivity contribution in [2.75, 3.05) is 19.6 Å². The minimum absolute atomic E-state index is 0.111. The van der Waals surface area contributed by atoms with Crippen LogP contribution in [0.15, 0.2) is 4.99 Å². The zero-order valence-electron chi connectivity index (χ0n) is 13.8. The minimum atomic E-state index is -0.643. The highest BCUT2D eigenvalue weighted by molar-refractivity contribution is 5.69. The van der Waals surface area contributed by atoms with Crippen molar-refractivity contribution in [2.45, 2.75) is 71.3 Å². The molecule has 2 unspecified atom stereocenters. The van der Waals surface area contributed by atoms with Gasteiger partial charge in [-0.2, -0.15) is 0 Å². The second-order valence-electron chi connectivity index (χ2n) is 6.09. The third kappa shape index (κ3) is 7.07. The maximum atomic E-state index is 10.4. The number of nitrogens with zero attached hydrogens (tertiary/aromatic N) is 2. The number of fused-ring (bicyclic) bond motifs is 1. The molecule has 4 heteroatoms. The molecule has 0 amide bonds. The summed E-state index contributed by atoms with van der Waals surface area (Å²) in [5, 5.41) is 8.60. The van der Waals surface area contributed by atoms with Crippen LogP contribution in [0.25, 0.3) is 0 Å². The van der Waals surface area contributed by atoms with Crippen LogP contribution in [0, 0.1) is 5.92 Å². The smallest absolute Gasteiger partial charge is 0.306 e. The second kappa shape index (κ2) is 10.8. The van der Waals surface area contributed by atoms with Crippen molar-refractivity contribution in [2.24, 2.45) is 10.9 Å². The normalized spacial score (nSPS) is 23.4. The van der Waals surface area contributed by atoms with Gasteiger partial charge < -0.3 is 5.11 Å². The summed E-state index contributed by atoms with van der Waals surface area (Å²) in [4.78, 5) is 17.4. The van der Waals surface area contributed by atoms with E-state index in [1.165, 1.54) is 38.8 Å². The van der Waals surface area contributed by atoms with Gasteiger partial charge in [0.25, 0.3) is 0 Å². The fourth-order valence-corrected chi connectivity index (χ4v) is 2.98. The molecule has 1 N–H and O–H groups in total. The standard InChI is InChI=1S/C9H16N2.C8H16O2/c1-2-6-11-7-3-5-10-8-9(11)4-1;1-3-5-6-7(4-2)8(9)10/h8-9H,1-7H2;7H,3-6H2,1-2H3,(H,9,10). The molecule has 1 saturated heterocycles. The number of hydrogen-bond acceptors (Lipinski definition) is 3. The molecule has 0 spiro atoms. The Bertz CT molecular complexity index is 318. The summed E-state index contributed by atoms with van der Waals surface area (Å²) in [6, 6.07) is 0.686. The number of rotatable bonds is 5. The molecule has 0 aromatic carbocycles. The minimum Gasteiger partial charge on any atom is -0.481 e. The van der Waals surface area contributed by atoms with Crippen molar-refractivity contribution >= 4 is 12.2 Å². The predicted octanol–water partition coefficient (Wildman–Crippen LogP) is 3.60. The first-order chi connectivity index (χ1) is 10.2. The van der Waals surface area contributed by atoms with E-state index in [1.807, 2.05) is 6.92 Å². The molecule has 1 fully saturated rings. The Hall–Kier alpha value is -0.900. The number of piperidine rings is 1. The number of aliphatic imine (C=N–C) groups is 1. The van der Waals surface area contributed by atoms with E-state index >= 15 is 0 Å². The van der Waals surface area contributed by atoms with E-state index in [9.17, 15) is 4.79 Å². The SMILES string of the molecule is C1=NCCCN2CCCCC12.CCCCC(CC)C(=O)O. The van der Waals surface area contributed by atoms with Crippen LogP contribution in [0.4, 0.5) is 0 Å². The van der Waals surface area contributed by atoms with E-state index in [1.54, 1.807) is 0 Å². The largest absolute Gasteiger partial charge is 0.481 e. The van der Waals surface area contributed by atoms with Crippen LogP contribution in [0.5, 0.6) is 0 Å². The Morgan fingerprint density at radius 2 is 2.10 bits per heavy atom. The summed E-state index contributed by atoms with van der Waals surface area (Å²) in [5.41, 5.74) is 0. The highest BCUT2D eigenvalue weighted by atomic mass is 16.4. The van der Waals surface area contributed by atoms with Gasteiger partial charge in [0, 0.05) is 25.3 Å². The molecule has 2 atom stereocenters. The molecule has 2 aliphatic heterocycles. The van der Waals surface area contributed by atoms with Gasteiger partial charge in [-0.15, -0.1) is 0 Å². The van der Waals surface area contributed by atoms with E-state index in [0.717, 1.165) is 32.2 Å². The highest BCUT2D eigenvalue weighted by Gasteiger charge is 2.21. The zero-order valence-corrected chi connectivity index (χ0v) is 13.8. The summed E-state index contributed by atoms with van der Waals surface area (Å²) in [6.07, 6.45) is 11.3. The third-order valence-electron chi connectivity index (χ3n) is 4.42. The van der Waals surface area contributed by atoms with Crippen molar-refractivity contribution in [3.05, 3.63) is 0 Å². The van der Waals surface area contributed by atoms with Crippen molar-refractivity contribution in [3.63, 3.8) is 0 Å². The number of unbranched alkanes of at least 4 members (excludes halogenated alkanes) is 1. The first-order valence-electron chi connectivity index (χ1n) is 8.65. The van der Waals surface area contributed by atoms with E-state index in [2.05, 4.69) is 23.0 Å². The number of aliphatic carboxylic acids is 1. The molecule has 0 saturated carbocycles. The highest BCUT2D eigenvalue weighted by Crippen LogP contribution is 2.17. The van der Waals surface area contributed by atoms with Crippen molar-refractivity contribution in [3.8, 4) is 0 Å². The third-order valence-corrected chi connectivity index (χ3v) is 4.42. The van der Waals surface area contributed by atoms with Crippen LogP contribution in [0.2, 0.25) is 0 Å². The van der Waals surface area contributed by atoms with Gasteiger partial charge in [0.2, 0.25) is 0 Å². The summed E-state index contributed by atoms with van der Waals surface area (Å²) in [7, 11) is 0. The van der Waals surface area contributed by atoms with Gasteiger partial charge in [-0.25, -0.2) is 0 Å². The number of carboxylic acids is 1. The monoisotopic (exact) mass is 296 g/mol. The van der Waals surface area contributed by atoms with Crippen molar-refractivity contribution in [1.82, 2.24) is 4.90 Å². The van der Waals surface area contributed by atoms with Crippen LogP contribution in [-0.4, -0.2) is 47.9 Å². The molecule has 0 aromatic heterocycles. The Morgan fingerprint density at radius 3 is 2.76 bits per heavy atom. The Kier molecular flexibility index (Phi) is 9.31. The van der Waals surface area contributed by atoms with Crippen LogP contribution in [0.3, 0.4) is 0 Å². The topological polar surface area (TPSA) is 52.9 Å². The number of hydrogen-bond donors (Lipinski definition) is 1. The molecule has 2 heterocycles. The lowest BCUT2D eigenvalue weighted by Gasteiger charge is -2.31. The molecule has 0 aromatic rings. The molecule has 122 valence electrons. The van der Waals surface area contributed by atoms with Crippen LogP contribution < -0.4 is 0 Å². The summed E-state index contributed by atoms with van der Waals surface area (Å²) in [5.74, 6) is -0.754. The lowest BCUT2D eigenvalue weighted by molar-refractivity contribution is -0.142. The molecule has 2 rings (SSSR count). The fraction of sp³-hybridized carbons (Fsp3) is 0.882. The molecule has 21 heavy (non-hydrogen) atoms. The first-order valence-corrected chi connectivity index (χ1v) is 8.65. The summed E-state index contributed by atoms with van der Waals surface area (Å²) >= 11 is 0. The quantitative estimate of drug-likeness (QED) is 0.843. The molecule has 0 aliphatic carbocycles. The molecule has 4 nitrogen and oxygen atoms in total. The number of carbonyl (C=O) groups is 1. The van der Waals surface area contributed by atoms with Crippen molar-refractivity contribution in [1.29, 1.82) is 0 Å². The van der Waals surface area contributed by atoms with Crippen LogP contribution in [-0.2, 0) is 4.79 Å². The van der Waals surface area contributed by atoms with Crippen LogP contribution in [0.1, 0.15) is 65.2 Å². The van der Waals surface area contributed by atoms with Gasteiger partial charge in [-0.3, -0.25) is 14.7 Å². The molecular weight excluding hydrogens is 264 g/mol. The maximum absolute atomic E-state index is 10.4. The first kappa shape index (κ1) is 18.1. The average Bonchev–Trinajstić information content (AvgIpc) is 2.73. The van der Waals surface area contributed by atoms with Crippen LogP contribution >= 0.6 is 0 Å². The lowest BCUT2D eigenvalue weighted by atomic mass is 10.00. The van der Waals surface area contributed by atoms with Gasteiger partial charge in [0.1, 0.15) is 0 Å². The lowest BCUT2D eigenvalue weighted by Crippen LogP contribution is -2.40. The Morgan fingerprint density at radius 1 is 1.33 bits per heavy atom. The zero-order chi connectivity index (χ0) is 15.5. The molecule has 0 radical (unpaired) electrons. The van der Waals surface area contributed by atoms with E-state index in [4.69, 9.17) is 5.11 Å². The fourth-order valence-electron chi connectivity index (χ4n) is 2.98. The van der Waals surface area contributed by atoms with Gasteiger partial charge >= 0.3 is 5.97 Å². The van der Waals surface area contributed by atoms with E-state index < -0.39 is 5.97 Å². The second-order valence-corrected chi connectivity index (χ2v) is 6.09. The Labute approximate surface area is 129 Å². The maximum Gasteiger partial charge on any atom is 0.306 e. The molecular formula is C17H32N2O2. The summed E-state index contributed by atoms with van der Waals surface area (Å²) < 4.78 is 0. The Balaban J connectivity index is 0.000000212. The van der Waals surface area contributed by atoms with Gasteiger partial charge in [-0.1, -0.05) is 33.1 Å². The van der Waals surface area contributed by atoms with Crippen molar-refractivity contribution < 1.29 is 9.90 Å². The van der Waals surface area contributed by atoms with Gasteiger partial charge in [0.15, 0.2) is 0 Å². The van der Waals surface area contributed by atoms with E-state index in [-0.39, 0.29) is 5.92 Å².